The molecule has 1 aromatic carbocycles. The summed E-state index contributed by atoms with van der Waals surface area (Å²) < 4.78 is 24.1. The van der Waals surface area contributed by atoms with Gasteiger partial charge in [0.15, 0.2) is 0 Å². The number of aromatic carboxylic acids is 1. The van der Waals surface area contributed by atoms with Crippen LogP contribution in [-0.2, 0) is 9.84 Å². The number of carbonyl (C=O) groups is 1. The van der Waals surface area contributed by atoms with Gasteiger partial charge in [-0.2, -0.15) is 0 Å². The first-order chi connectivity index (χ1) is 14.6. The topological polar surface area (TPSA) is 94.9 Å². The van der Waals surface area contributed by atoms with Gasteiger partial charge in [0.25, 0.3) is 0 Å². The summed E-state index contributed by atoms with van der Waals surface area (Å²) in [7, 11) is -3.32. The van der Waals surface area contributed by atoms with Crippen molar-refractivity contribution in [2.45, 2.75) is 51.8 Å². The van der Waals surface area contributed by atoms with E-state index >= 15 is 0 Å². The van der Waals surface area contributed by atoms with E-state index < -0.39 is 28.1 Å². The van der Waals surface area contributed by atoms with Crippen molar-refractivity contribution in [3.05, 3.63) is 42.0 Å². The smallest absolute Gasteiger partial charge is 0.338 e. The van der Waals surface area contributed by atoms with Crippen LogP contribution < -0.4 is 4.90 Å². The number of thiophene rings is 1. The zero-order valence-electron chi connectivity index (χ0n) is 18.2. The fourth-order valence-corrected chi connectivity index (χ4v) is 6.71. The van der Waals surface area contributed by atoms with Gasteiger partial charge in [0.2, 0.25) is 0 Å². The van der Waals surface area contributed by atoms with E-state index in [0.29, 0.717) is 10.9 Å². The van der Waals surface area contributed by atoms with Gasteiger partial charge >= 0.3 is 5.97 Å². The van der Waals surface area contributed by atoms with Gasteiger partial charge in [-0.3, -0.25) is 0 Å². The molecule has 1 aromatic heterocycles. The van der Waals surface area contributed by atoms with Gasteiger partial charge in [0, 0.05) is 23.1 Å². The highest BCUT2D eigenvalue weighted by Gasteiger charge is 2.35. The van der Waals surface area contributed by atoms with Gasteiger partial charge in [0.1, 0.15) is 21.1 Å². The normalized spacial score (nSPS) is 21.4. The summed E-state index contributed by atoms with van der Waals surface area (Å²) in [6.45, 7) is 3.93. The largest absolute Gasteiger partial charge is 0.478 e. The van der Waals surface area contributed by atoms with Crippen LogP contribution in [0.1, 0.15) is 49.9 Å². The Hall–Kier alpha value is -1.90. The number of benzene rings is 1. The van der Waals surface area contributed by atoms with E-state index in [-0.39, 0.29) is 17.2 Å². The van der Waals surface area contributed by atoms with Gasteiger partial charge in [-0.1, -0.05) is 50.1 Å². The Balaban J connectivity index is 2.05. The van der Waals surface area contributed by atoms with Gasteiger partial charge in [0.05, 0.1) is 11.3 Å². The van der Waals surface area contributed by atoms with Crippen LogP contribution in [0.4, 0.5) is 5.00 Å². The highest BCUT2D eigenvalue weighted by Crippen LogP contribution is 2.42. The van der Waals surface area contributed by atoms with Crippen LogP contribution in [0.2, 0.25) is 0 Å². The number of hydrogen-bond acceptors (Lipinski definition) is 6. The molecular weight excluding hydrogens is 434 g/mol. The van der Waals surface area contributed by atoms with Crippen molar-refractivity contribution in [2.75, 3.05) is 16.9 Å². The lowest BCUT2D eigenvalue weighted by Crippen LogP contribution is -2.49. The van der Waals surface area contributed by atoms with E-state index in [0.717, 1.165) is 42.4 Å². The van der Waals surface area contributed by atoms with Crippen molar-refractivity contribution >= 4 is 32.1 Å². The molecular formula is C23H31NO5S2. The summed E-state index contributed by atoms with van der Waals surface area (Å²) in [6, 6.07) is 10.5. The summed E-state index contributed by atoms with van der Waals surface area (Å²) >= 11 is 1.29. The zero-order chi connectivity index (χ0) is 22.8. The Labute approximate surface area is 188 Å². The van der Waals surface area contributed by atoms with Gasteiger partial charge in [-0.15, -0.1) is 11.3 Å². The molecule has 1 aliphatic rings. The third-order valence-corrected chi connectivity index (χ3v) is 8.31. The van der Waals surface area contributed by atoms with E-state index in [9.17, 15) is 23.4 Å². The van der Waals surface area contributed by atoms with Gasteiger partial charge < -0.3 is 15.1 Å². The van der Waals surface area contributed by atoms with Crippen LogP contribution in [0.15, 0.2) is 36.4 Å². The summed E-state index contributed by atoms with van der Waals surface area (Å²) in [5, 5.41) is 21.7. The molecule has 1 unspecified atom stereocenters. The highest BCUT2D eigenvalue weighted by molar-refractivity contribution is 7.90. The van der Waals surface area contributed by atoms with Crippen LogP contribution in [0.25, 0.3) is 10.4 Å². The molecule has 1 fully saturated rings. The second-order valence-electron chi connectivity index (χ2n) is 8.78. The first-order valence-corrected chi connectivity index (χ1v) is 13.5. The molecule has 0 aliphatic heterocycles. The Morgan fingerprint density at radius 2 is 1.81 bits per heavy atom. The predicted octanol–water partition coefficient (Wildman–Crippen LogP) is 4.50. The first-order valence-electron chi connectivity index (χ1n) is 10.6. The SMILES string of the molecule is CC1CCC([C@H](O)N(c2sc(-c3ccccc3)cc2C(=O)O)C(C)CS(C)(=O)=O)CC1. The molecule has 170 valence electrons. The van der Waals surface area contributed by atoms with Crippen LogP contribution in [0.5, 0.6) is 0 Å². The second-order valence-corrected chi connectivity index (χ2v) is 12.0. The number of aliphatic hydroxyl groups excluding tert-OH is 1. The average Bonchev–Trinajstić information content (AvgIpc) is 3.13. The molecule has 8 heteroatoms. The fourth-order valence-electron chi connectivity index (χ4n) is 4.38. The molecule has 0 spiro atoms. The fraction of sp³-hybridized carbons (Fsp3) is 0.522. The van der Waals surface area contributed by atoms with E-state index in [2.05, 4.69) is 6.92 Å². The molecule has 2 atom stereocenters. The standard InChI is InChI=1S/C23H31NO5S2/c1-15-9-11-18(12-10-15)21(25)24(16(2)14-31(3,28)29)22-19(23(26)27)13-20(30-22)17-7-5-4-6-8-17/h4-8,13,15-16,18,21,25H,9-12,14H2,1-3H3,(H,26,27)/t15?,16?,18?,21-/m0/s1. The van der Waals surface area contributed by atoms with Crippen LogP contribution in [-0.4, -0.2) is 48.9 Å². The van der Waals surface area contributed by atoms with E-state index in [1.807, 2.05) is 30.3 Å². The number of anilines is 1. The number of sulfone groups is 1. The van der Waals surface area contributed by atoms with Crippen LogP contribution >= 0.6 is 11.3 Å². The Morgan fingerprint density at radius 3 is 2.35 bits per heavy atom. The van der Waals surface area contributed by atoms with Gasteiger partial charge in [-0.05, 0) is 37.3 Å². The number of aliphatic hydroxyl groups is 1. The molecule has 0 amide bonds. The maximum atomic E-state index is 12.1. The van der Waals surface area contributed by atoms with Crippen molar-refractivity contribution in [1.82, 2.24) is 0 Å². The monoisotopic (exact) mass is 465 g/mol. The molecule has 1 aliphatic carbocycles. The molecule has 0 bridgehead atoms. The third-order valence-electron chi connectivity index (χ3n) is 6.02. The Bertz CT molecular complexity index is 994. The Morgan fingerprint density at radius 1 is 1.19 bits per heavy atom. The van der Waals surface area contributed by atoms with Crippen molar-refractivity contribution in [3.63, 3.8) is 0 Å². The maximum absolute atomic E-state index is 12.1. The number of nitrogens with zero attached hydrogens (tertiary/aromatic N) is 1. The summed E-state index contributed by atoms with van der Waals surface area (Å²) in [5.41, 5.74) is 0.977. The van der Waals surface area contributed by atoms with Crippen LogP contribution in [0.3, 0.4) is 0 Å². The van der Waals surface area contributed by atoms with E-state index in [4.69, 9.17) is 0 Å². The molecule has 31 heavy (non-hydrogen) atoms. The number of carboxylic acids is 1. The van der Waals surface area contributed by atoms with Crippen molar-refractivity contribution < 1.29 is 23.4 Å². The molecule has 6 nitrogen and oxygen atoms in total. The number of carboxylic acid groups (broad SMARTS) is 1. The lowest BCUT2D eigenvalue weighted by Gasteiger charge is -2.40. The lowest BCUT2D eigenvalue weighted by atomic mass is 9.81. The van der Waals surface area contributed by atoms with Crippen molar-refractivity contribution in [2.24, 2.45) is 11.8 Å². The predicted molar refractivity (Wildman–Crippen MR) is 125 cm³/mol. The maximum Gasteiger partial charge on any atom is 0.338 e. The summed E-state index contributed by atoms with van der Waals surface area (Å²) in [6.07, 6.45) is 3.90. The third kappa shape index (κ3) is 5.87. The molecule has 0 saturated heterocycles. The quantitative estimate of drug-likeness (QED) is 0.558. The minimum Gasteiger partial charge on any atom is -0.478 e. The first kappa shape index (κ1) is 23.8. The van der Waals surface area contributed by atoms with Crippen LogP contribution in [0, 0.1) is 11.8 Å². The molecule has 2 N–H and O–H groups in total. The molecule has 2 aromatic rings. The van der Waals surface area contributed by atoms with Crippen molar-refractivity contribution in [3.8, 4) is 10.4 Å². The highest BCUT2D eigenvalue weighted by atomic mass is 32.2. The number of hydrogen-bond donors (Lipinski definition) is 2. The summed E-state index contributed by atoms with van der Waals surface area (Å²) in [4.78, 5) is 14.5. The van der Waals surface area contributed by atoms with E-state index in [1.165, 1.54) is 11.3 Å². The Kier molecular flexibility index (Phi) is 7.44. The minimum absolute atomic E-state index is 0.0258. The summed E-state index contributed by atoms with van der Waals surface area (Å²) in [5.74, 6) is -0.673. The second kappa shape index (κ2) is 9.71. The molecule has 3 rings (SSSR count). The molecule has 1 heterocycles. The van der Waals surface area contributed by atoms with Crippen molar-refractivity contribution in [1.29, 1.82) is 0 Å². The lowest BCUT2D eigenvalue weighted by molar-refractivity contribution is 0.0661. The molecule has 1 saturated carbocycles. The minimum atomic E-state index is -3.32. The number of rotatable bonds is 8. The average molecular weight is 466 g/mol. The van der Waals surface area contributed by atoms with Gasteiger partial charge in [-0.25, -0.2) is 13.2 Å². The molecule has 0 radical (unpaired) electrons. The van der Waals surface area contributed by atoms with E-state index in [1.54, 1.807) is 17.9 Å². The zero-order valence-corrected chi connectivity index (χ0v) is 19.8.